The van der Waals surface area contributed by atoms with Gasteiger partial charge in [0.1, 0.15) is 0 Å². The molecule has 18 heavy (non-hydrogen) atoms. The highest BCUT2D eigenvalue weighted by Crippen LogP contribution is 2.10. The van der Waals surface area contributed by atoms with Gasteiger partial charge in [0.05, 0.1) is 5.01 Å². The fourth-order valence-corrected chi connectivity index (χ4v) is 2.39. The predicted molar refractivity (Wildman–Crippen MR) is 72.0 cm³/mol. The van der Waals surface area contributed by atoms with Gasteiger partial charge >= 0.3 is 0 Å². The summed E-state index contributed by atoms with van der Waals surface area (Å²) in [6.45, 7) is 2.83. The minimum absolute atomic E-state index is 0.667. The molecule has 3 heterocycles. The van der Waals surface area contributed by atoms with Crippen molar-refractivity contribution in [3.05, 3.63) is 40.5 Å². The van der Waals surface area contributed by atoms with Crippen LogP contribution < -0.4 is 5.32 Å². The second kappa shape index (κ2) is 4.73. The third-order valence-electron chi connectivity index (χ3n) is 2.66. The van der Waals surface area contributed by atoms with Crippen LogP contribution in [-0.4, -0.2) is 26.1 Å². The normalized spacial score (nSPS) is 10.9. The number of anilines is 1. The van der Waals surface area contributed by atoms with E-state index in [9.17, 15) is 0 Å². The molecule has 5 nitrogen and oxygen atoms in total. The Morgan fingerprint density at radius 2 is 2.39 bits per heavy atom. The molecular weight excluding hydrogens is 246 g/mol. The van der Waals surface area contributed by atoms with Crippen molar-refractivity contribution < 1.29 is 0 Å². The van der Waals surface area contributed by atoms with Crippen LogP contribution in [0.3, 0.4) is 0 Å². The summed E-state index contributed by atoms with van der Waals surface area (Å²) in [7, 11) is 0. The van der Waals surface area contributed by atoms with E-state index in [2.05, 4.69) is 20.4 Å². The van der Waals surface area contributed by atoms with Crippen LogP contribution in [0.1, 0.15) is 10.6 Å². The number of fused-ring (bicyclic) bond motifs is 1. The van der Waals surface area contributed by atoms with Gasteiger partial charge in [-0.15, -0.1) is 16.4 Å². The van der Waals surface area contributed by atoms with Gasteiger partial charge in [-0.25, -0.2) is 9.50 Å². The number of aryl methyl sites for hydroxylation is 1. The Labute approximate surface area is 109 Å². The van der Waals surface area contributed by atoms with E-state index in [0.717, 1.165) is 29.2 Å². The first-order valence-corrected chi connectivity index (χ1v) is 6.65. The van der Waals surface area contributed by atoms with E-state index in [-0.39, 0.29) is 0 Å². The van der Waals surface area contributed by atoms with E-state index in [1.807, 2.05) is 36.8 Å². The van der Waals surface area contributed by atoms with Gasteiger partial charge in [0.2, 0.25) is 5.95 Å². The minimum Gasteiger partial charge on any atom is -0.352 e. The van der Waals surface area contributed by atoms with Gasteiger partial charge in [0.15, 0.2) is 5.65 Å². The lowest BCUT2D eigenvalue weighted by molar-refractivity contribution is 0.931. The molecule has 0 atom stereocenters. The van der Waals surface area contributed by atoms with E-state index in [1.54, 1.807) is 15.9 Å². The Bertz CT molecular complexity index is 644. The second-order valence-corrected chi connectivity index (χ2v) is 4.98. The van der Waals surface area contributed by atoms with Crippen molar-refractivity contribution in [3.8, 4) is 0 Å². The van der Waals surface area contributed by atoms with Crippen LogP contribution in [-0.2, 0) is 6.42 Å². The smallest absolute Gasteiger partial charge is 0.243 e. The van der Waals surface area contributed by atoms with Crippen LogP contribution in [0.4, 0.5) is 5.95 Å². The molecule has 0 amide bonds. The number of nitrogens with zero attached hydrogens (tertiary/aromatic N) is 4. The second-order valence-electron chi connectivity index (χ2n) is 4.00. The quantitative estimate of drug-likeness (QED) is 0.780. The Morgan fingerprint density at radius 1 is 1.44 bits per heavy atom. The van der Waals surface area contributed by atoms with Gasteiger partial charge in [-0.3, -0.25) is 0 Å². The predicted octanol–water partition coefficient (Wildman–Crippen LogP) is 2.15. The summed E-state index contributed by atoms with van der Waals surface area (Å²) in [4.78, 5) is 8.69. The number of hydrogen-bond acceptors (Lipinski definition) is 5. The number of nitrogens with one attached hydrogen (secondary N) is 1. The molecule has 0 aliphatic rings. The first kappa shape index (κ1) is 11.2. The number of aromatic nitrogens is 4. The molecule has 0 spiro atoms. The highest BCUT2D eigenvalue weighted by atomic mass is 32.1. The maximum Gasteiger partial charge on any atom is 0.243 e. The molecule has 0 aliphatic heterocycles. The van der Waals surface area contributed by atoms with E-state index < -0.39 is 0 Å². The van der Waals surface area contributed by atoms with Crippen LogP contribution in [0.2, 0.25) is 0 Å². The van der Waals surface area contributed by atoms with Crippen LogP contribution >= 0.6 is 11.3 Å². The largest absolute Gasteiger partial charge is 0.352 e. The third kappa shape index (κ3) is 2.19. The summed E-state index contributed by atoms with van der Waals surface area (Å²) in [6, 6.07) is 4.00. The maximum atomic E-state index is 4.45. The van der Waals surface area contributed by atoms with Gasteiger partial charge in [0, 0.05) is 30.7 Å². The van der Waals surface area contributed by atoms with Gasteiger partial charge in [0.25, 0.3) is 0 Å². The fraction of sp³-hybridized carbons (Fsp3) is 0.250. The van der Waals surface area contributed by atoms with Crippen molar-refractivity contribution in [2.45, 2.75) is 13.3 Å². The van der Waals surface area contributed by atoms with Crippen LogP contribution in [0, 0.1) is 6.92 Å². The molecule has 0 aromatic carbocycles. The molecule has 92 valence electrons. The number of rotatable bonds is 4. The van der Waals surface area contributed by atoms with Crippen molar-refractivity contribution in [1.29, 1.82) is 0 Å². The molecular formula is C12H13N5S. The van der Waals surface area contributed by atoms with Gasteiger partial charge in [-0.1, -0.05) is 6.07 Å². The summed E-state index contributed by atoms with van der Waals surface area (Å²) in [5, 5.41) is 10.7. The average Bonchev–Trinajstić information content (AvgIpc) is 2.98. The number of pyridine rings is 1. The van der Waals surface area contributed by atoms with Crippen LogP contribution in [0.5, 0.6) is 0 Å². The molecule has 0 unspecified atom stereocenters. The lowest BCUT2D eigenvalue weighted by Crippen LogP contribution is -2.06. The molecule has 6 heteroatoms. The minimum atomic E-state index is 0.667. The van der Waals surface area contributed by atoms with Crippen LogP contribution in [0.25, 0.3) is 5.65 Å². The zero-order valence-electron chi connectivity index (χ0n) is 10.00. The molecule has 1 N–H and O–H groups in total. The Morgan fingerprint density at radius 3 is 3.17 bits per heavy atom. The molecule has 0 saturated heterocycles. The molecule has 0 bridgehead atoms. The molecule has 0 saturated carbocycles. The standard InChI is InChI=1S/C12H13N5S/c1-9-3-2-7-17-11(9)15-12(16-17)14-5-4-10-13-6-8-18-10/h2-3,6-8H,4-5H2,1H3,(H,14,16). The molecule has 0 fully saturated rings. The van der Waals surface area contributed by atoms with E-state index in [1.165, 1.54) is 0 Å². The van der Waals surface area contributed by atoms with Crippen molar-refractivity contribution in [3.63, 3.8) is 0 Å². The van der Waals surface area contributed by atoms with E-state index >= 15 is 0 Å². The molecule has 0 radical (unpaired) electrons. The lowest BCUT2D eigenvalue weighted by Gasteiger charge is -1.97. The Balaban J connectivity index is 1.69. The monoisotopic (exact) mass is 259 g/mol. The average molecular weight is 259 g/mol. The van der Waals surface area contributed by atoms with Crippen molar-refractivity contribution in [1.82, 2.24) is 19.6 Å². The highest BCUT2D eigenvalue weighted by Gasteiger charge is 2.04. The number of hydrogen-bond donors (Lipinski definition) is 1. The zero-order chi connectivity index (χ0) is 12.4. The topological polar surface area (TPSA) is 55.1 Å². The summed E-state index contributed by atoms with van der Waals surface area (Å²) in [5.74, 6) is 0.667. The summed E-state index contributed by atoms with van der Waals surface area (Å²) < 4.78 is 1.79. The van der Waals surface area contributed by atoms with Crippen molar-refractivity contribution in [2.75, 3.05) is 11.9 Å². The highest BCUT2D eigenvalue weighted by molar-refractivity contribution is 7.09. The van der Waals surface area contributed by atoms with E-state index in [4.69, 9.17) is 0 Å². The molecule has 0 aliphatic carbocycles. The Kier molecular flexibility index (Phi) is 2.93. The molecule has 3 aromatic rings. The lowest BCUT2D eigenvalue weighted by atomic mass is 10.3. The van der Waals surface area contributed by atoms with Crippen molar-refractivity contribution in [2.24, 2.45) is 0 Å². The summed E-state index contributed by atoms with van der Waals surface area (Å²) in [6.07, 6.45) is 4.63. The van der Waals surface area contributed by atoms with Crippen LogP contribution in [0.15, 0.2) is 29.9 Å². The molecule has 3 aromatic heterocycles. The third-order valence-corrected chi connectivity index (χ3v) is 3.50. The first-order chi connectivity index (χ1) is 8.83. The Hall–Kier alpha value is -1.95. The summed E-state index contributed by atoms with van der Waals surface area (Å²) in [5.41, 5.74) is 2.02. The van der Waals surface area contributed by atoms with Gasteiger partial charge in [-0.2, -0.15) is 4.98 Å². The summed E-state index contributed by atoms with van der Waals surface area (Å²) >= 11 is 1.67. The maximum absolute atomic E-state index is 4.45. The van der Waals surface area contributed by atoms with Gasteiger partial charge < -0.3 is 5.32 Å². The zero-order valence-corrected chi connectivity index (χ0v) is 10.8. The SMILES string of the molecule is Cc1cccn2nc(NCCc3nccs3)nc12. The van der Waals surface area contributed by atoms with Gasteiger partial charge in [-0.05, 0) is 18.6 Å². The van der Waals surface area contributed by atoms with E-state index in [0.29, 0.717) is 5.95 Å². The van der Waals surface area contributed by atoms with Crippen molar-refractivity contribution >= 4 is 22.9 Å². The number of thiazole rings is 1. The first-order valence-electron chi connectivity index (χ1n) is 5.77. The molecule has 3 rings (SSSR count). The fourth-order valence-electron chi connectivity index (χ4n) is 1.77.